The molecule has 19 heavy (non-hydrogen) atoms. The van der Waals surface area contributed by atoms with Crippen LogP contribution in [0, 0.1) is 12.7 Å². The van der Waals surface area contributed by atoms with E-state index in [-0.39, 0.29) is 5.82 Å². The summed E-state index contributed by atoms with van der Waals surface area (Å²) in [5.74, 6) is 5.50. The topological polar surface area (TPSA) is 71.7 Å². The van der Waals surface area contributed by atoms with Crippen molar-refractivity contribution in [3.63, 3.8) is 0 Å². The second-order valence-electron chi connectivity index (χ2n) is 4.01. The normalized spacial score (nSPS) is 11.5. The molecule has 0 radical (unpaired) electrons. The highest BCUT2D eigenvalue weighted by molar-refractivity contribution is 5.93. The van der Waals surface area contributed by atoms with Crippen molar-refractivity contribution >= 4 is 11.6 Å². The van der Waals surface area contributed by atoms with E-state index in [4.69, 9.17) is 10.6 Å². The van der Waals surface area contributed by atoms with Crippen molar-refractivity contribution in [2.45, 2.75) is 20.3 Å². The van der Waals surface area contributed by atoms with Crippen molar-refractivity contribution in [1.29, 1.82) is 0 Å². The Bertz CT molecular complexity index is 423. The summed E-state index contributed by atoms with van der Waals surface area (Å²) in [4.78, 5) is 4.23. The van der Waals surface area contributed by atoms with Gasteiger partial charge in [0.05, 0.1) is 0 Å². The number of hydrazine groups is 1. The summed E-state index contributed by atoms with van der Waals surface area (Å²) < 4.78 is 18.6. The van der Waals surface area contributed by atoms with Crippen LogP contribution in [0.25, 0.3) is 0 Å². The molecule has 5 nitrogen and oxygen atoms in total. The van der Waals surface area contributed by atoms with Crippen LogP contribution in [0.1, 0.15) is 18.9 Å². The number of guanidine groups is 1. The lowest BCUT2D eigenvalue weighted by Gasteiger charge is -2.10. The molecule has 0 aliphatic heterocycles. The Morgan fingerprint density at radius 2 is 2.26 bits per heavy atom. The van der Waals surface area contributed by atoms with E-state index in [2.05, 4.69) is 15.7 Å². The van der Waals surface area contributed by atoms with Gasteiger partial charge in [-0.2, -0.15) is 0 Å². The van der Waals surface area contributed by atoms with Gasteiger partial charge >= 0.3 is 0 Å². The number of anilines is 1. The second kappa shape index (κ2) is 8.44. The molecule has 0 saturated carbocycles. The highest BCUT2D eigenvalue weighted by Crippen LogP contribution is 2.13. The molecule has 0 heterocycles. The predicted molar refractivity (Wildman–Crippen MR) is 75.5 cm³/mol. The highest BCUT2D eigenvalue weighted by Gasteiger charge is 2.01. The minimum absolute atomic E-state index is 0.266. The van der Waals surface area contributed by atoms with Gasteiger partial charge in [-0.25, -0.2) is 10.2 Å². The number of nitrogens with one attached hydrogen (secondary N) is 2. The molecule has 0 saturated heterocycles. The lowest BCUT2D eigenvalue weighted by molar-refractivity contribution is 0.146. The predicted octanol–water partition coefficient (Wildman–Crippen LogP) is 1.79. The fourth-order valence-electron chi connectivity index (χ4n) is 1.43. The standard InChI is InChI=1S/C13H21FN4O/c1-3-19-8-4-7-16-13(18-15)17-11-6-5-10(2)12(14)9-11/h5-6,9H,3-4,7-8,15H2,1-2H3,(H2,16,17,18). The summed E-state index contributed by atoms with van der Waals surface area (Å²) >= 11 is 0. The molecule has 1 rings (SSSR count). The fourth-order valence-corrected chi connectivity index (χ4v) is 1.43. The first-order valence-electron chi connectivity index (χ1n) is 6.29. The first kappa shape index (κ1) is 15.4. The lowest BCUT2D eigenvalue weighted by Crippen LogP contribution is -2.36. The van der Waals surface area contributed by atoms with Crippen molar-refractivity contribution in [3.8, 4) is 0 Å². The number of rotatable bonds is 6. The molecule has 0 aromatic heterocycles. The van der Waals surface area contributed by atoms with E-state index < -0.39 is 0 Å². The molecule has 0 fully saturated rings. The molecule has 0 amide bonds. The number of halogens is 1. The summed E-state index contributed by atoms with van der Waals surface area (Å²) in [7, 11) is 0. The molecular formula is C13H21FN4O. The van der Waals surface area contributed by atoms with Crippen LogP contribution in [0.2, 0.25) is 0 Å². The first-order chi connectivity index (χ1) is 9.17. The summed E-state index contributed by atoms with van der Waals surface area (Å²) in [6, 6.07) is 4.87. The molecule has 106 valence electrons. The van der Waals surface area contributed by atoms with Crippen LogP contribution in [0.15, 0.2) is 23.2 Å². The van der Waals surface area contributed by atoms with Gasteiger partial charge in [0.2, 0.25) is 5.96 Å². The van der Waals surface area contributed by atoms with E-state index in [1.807, 2.05) is 6.92 Å². The average molecular weight is 268 g/mol. The van der Waals surface area contributed by atoms with Crippen LogP contribution in [0.3, 0.4) is 0 Å². The maximum Gasteiger partial charge on any atom is 0.210 e. The summed E-state index contributed by atoms with van der Waals surface area (Å²) in [6.07, 6.45) is 0.808. The molecule has 1 aromatic carbocycles. The van der Waals surface area contributed by atoms with Gasteiger partial charge in [0.25, 0.3) is 0 Å². The van der Waals surface area contributed by atoms with Crippen molar-refractivity contribution in [2.75, 3.05) is 25.1 Å². The molecule has 6 heteroatoms. The number of benzene rings is 1. The monoisotopic (exact) mass is 268 g/mol. The van der Waals surface area contributed by atoms with Gasteiger partial charge in [0.1, 0.15) is 5.82 Å². The molecular weight excluding hydrogens is 247 g/mol. The molecule has 0 bridgehead atoms. The van der Waals surface area contributed by atoms with E-state index in [0.717, 1.165) is 6.42 Å². The average Bonchev–Trinajstić information content (AvgIpc) is 2.41. The maximum absolute atomic E-state index is 13.4. The van der Waals surface area contributed by atoms with E-state index in [0.29, 0.717) is 37.0 Å². The Hall–Kier alpha value is -1.66. The number of nitrogens with zero attached hydrogens (tertiary/aromatic N) is 1. The number of ether oxygens (including phenoxy) is 1. The Labute approximate surface area is 113 Å². The molecule has 0 aliphatic carbocycles. The zero-order valence-corrected chi connectivity index (χ0v) is 11.4. The summed E-state index contributed by atoms with van der Waals surface area (Å²) in [5.41, 5.74) is 3.65. The number of hydrogen-bond acceptors (Lipinski definition) is 3. The molecule has 4 N–H and O–H groups in total. The van der Waals surface area contributed by atoms with Crippen molar-refractivity contribution < 1.29 is 9.13 Å². The molecule has 0 spiro atoms. The Balaban J connectivity index is 2.50. The SMILES string of the molecule is CCOCCCN=C(NN)Nc1ccc(C)c(F)c1. The van der Waals surface area contributed by atoms with E-state index in [1.54, 1.807) is 19.1 Å². The Morgan fingerprint density at radius 1 is 1.47 bits per heavy atom. The molecule has 0 unspecified atom stereocenters. The first-order valence-corrected chi connectivity index (χ1v) is 6.29. The minimum Gasteiger partial charge on any atom is -0.382 e. The van der Waals surface area contributed by atoms with E-state index >= 15 is 0 Å². The van der Waals surface area contributed by atoms with E-state index in [1.165, 1.54) is 6.07 Å². The van der Waals surface area contributed by atoms with Crippen molar-refractivity contribution in [1.82, 2.24) is 5.43 Å². The molecule has 1 aromatic rings. The number of hydrogen-bond donors (Lipinski definition) is 3. The summed E-state index contributed by atoms with van der Waals surface area (Å²) in [6.45, 7) is 5.61. The van der Waals surface area contributed by atoms with Gasteiger partial charge in [-0.1, -0.05) is 6.07 Å². The van der Waals surface area contributed by atoms with Crippen LogP contribution in [-0.4, -0.2) is 25.7 Å². The van der Waals surface area contributed by atoms with Gasteiger partial charge < -0.3 is 10.1 Å². The van der Waals surface area contributed by atoms with Gasteiger partial charge in [0.15, 0.2) is 0 Å². The highest BCUT2D eigenvalue weighted by atomic mass is 19.1. The van der Waals surface area contributed by atoms with Gasteiger partial charge in [-0.3, -0.25) is 10.4 Å². The number of aryl methyl sites for hydroxylation is 1. The number of nitrogens with two attached hydrogens (primary N) is 1. The van der Waals surface area contributed by atoms with Crippen LogP contribution < -0.4 is 16.6 Å². The number of aliphatic imine (C=N–C) groups is 1. The lowest BCUT2D eigenvalue weighted by atomic mass is 10.2. The second-order valence-corrected chi connectivity index (χ2v) is 4.01. The maximum atomic E-state index is 13.4. The Morgan fingerprint density at radius 3 is 2.89 bits per heavy atom. The third-order valence-electron chi connectivity index (χ3n) is 2.49. The molecule has 0 atom stereocenters. The van der Waals surface area contributed by atoms with Crippen LogP contribution in [-0.2, 0) is 4.74 Å². The zero-order valence-electron chi connectivity index (χ0n) is 11.4. The van der Waals surface area contributed by atoms with Crippen LogP contribution >= 0.6 is 0 Å². The summed E-state index contributed by atoms with van der Waals surface area (Å²) in [5, 5.41) is 2.92. The van der Waals surface area contributed by atoms with Gasteiger partial charge in [-0.05, 0) is 38.0 Å². The van der Waals surface area contributed by atoms with Crippen molar-refractivity contribution in [2.24, 2.45) is 10.8 Å². The third-order valence-corrected chi connectivity index (χ3v) is 2.49. The third kappa shape index (κ3) is 5.67. The van der Waals surface area contributed by atoms with Crippen LogP contribution in [0.4, 0.5) is 10.1 Å². The quantitative estimate of drug-likeness (QED) is 0.242. The van der Waals surface area contributed by atoms with Crippen LogP contribution in [0.5, 0.6) is 0 Å². The molecule has 0 aliphatic rings. The fraction of sp³-hybridized carbons (Fsp3) is 0.462. The van der Waals surface area contributed by atoms with E-state index in [9.17, 15) is 4.39 Å². The van der Waals surface area contributed by atoms with Gasteiger partial charge in [0, 0.05) is 25.4 Å². The smallest absolute Gasteiger partial charge is 0.210 e. The zero-order chi connectivity index (χ0) is 14.1. The largest absolute Gasteiger partial charge is 0.382 e. The van der Waals surface area contributed by atoms with Gasteiger partial charge in [-0.15, -0.1) is 0 Å². The minimum atomic E-state index is -0.266. The van der Waals surface area contributed by atoms with Crippen molar-refractivity contribution in [3.05, 3.63) is 29.6 Å². The Kier molecular flexibility index (Phi) is 6.84.